The molecule has 0 saturated heterocycles. The maximum Gasteiger partial charge on any atom is 0.426 e. The first-order chi connectivity index (χ1) is 15.9. The van der Waals surface area contributed by atoms with Crippen LogP contribution >= 0.6 is 11.3 Å². The summed E-state index contributed by atoms with van der Waals surface area (Å²) in [6.45, 7) is 7.21. The predicted octanol–water partition coefficient (Wildman–Crippen LogP) is 3.31. The van der Waals surface area contributed by atoms with E-state index in [9.17, 15) is 32.3 Å². The molecule has 0 bridgehead atoms. The molecule has 0 spiro atoms. The Balaban J connectivity index is 2.09. The quantitative estimate of drug-likeness (QED) is 0.586. The van der Waals surface area contributed by atoms with Crippen LogP contribution in [0, 0.1) is 6.92 Å². The SMILES string of the molecule is Cc1c(CN(NC(=O)OC(C)(C)C)C(N)=O)sc2c1c(=O)n(C1(C)CC1)c(=O)n2CCC(F)(F)F. The number of ether oxygens (including phenoxy) is 1. The van der Waals surface area contributed by atoms with Crippen molar-refractivity contribution in [3.8, 4) is 0 Å². The van der Waals surface area contributed by atoms with Crippen LogP contribution in [0.25, 0.3) is 10.2 Å². The van der Waals surface area contributed by atoms with Crippen molar-refractivity contribution in [3.63, 3.8) is 0 Å². The number of hydrogen-bond acceptors (Lipinski definition) is 6. The molecule has 1 saturated carbocycles. The number of carbonyl (C=O) groups excluding carboxylic acids is 2. The minimum atomic E-state index is -4.51. The number of fused-ring (bicyclic) bond motifs is 1. The number of amides is 3. The van der Waals surface area contributed by atoms with Crippen LogP contribution in [0.4, 0.5) is 22.8 Å². The van der Waals surface area contributed by atoms with Gasteiger partial charge in [0.25, 0.3) is 5.56 Å². The van der Waals surface area contributed by atoms with Crippen LogP contribution in [-0.2, 0) is 23.4 Å². The number of primary amides is 1. The minimum Gasteiger partial charge on any atom is -0.443 e. The number of halogens is 3. The Morgan fingerprint density at radius 2 is 1.83 bits per heavy atom. The fraction of sp³-hybridized carbons (Fsp3) is 0.619. The van der Waals surface area contributed by atoms with Gasteiger partial charge in [0.2, 0.25) is 0 Å². The van der Waals surface area contributed by atoms with Crippen molar-refractivity contribution >= 4 is 33.7 Å². The number of nitrogens with two attached hydrogens (primary N) is 1. The Bertz CT molecular complexity index is 1280. The number of hydrazine groups is 1. The number of aryl methyl sites for hydroxylation is 2. The van der Waals surface area contributed by atoms with Gasteiger partial charge < -0.3 is 10.5 Å². The van der Waals surface area contributed by atoms with E-state index in [1.165, 1.54) is 0 Å². The lowest BCUT2D eigenvalue weighted by molar-refractivity contribution is -0.136. The number of carbonyl (C=O) groups is 2. The van der Waals surface area contributed by atoms with Gasteiger partial charge in [-0.2, -0.15) is 13.2 Å². The van der Waals surface area contributed by atoms with Crippen molar-refractivity contribution in [3.05, 3.63) is 31.3 Å². The maximum atomic E-state index is 13.3. The number of alkyl halides is 3. The van der Waals surface area contributed by atoms with Gasteiger partial charge in [-0.05, 0) is 53.0 Å². The lowest BCUT2D eigenvalue weighted by Crippen LogP contribution is -2.49. The van der Waals surface area contributed by atoms with E-state index < -0.39 is 53.7 Å². The van der Waals surface area contributed by atoms with Crippen molar-refractivity contribution in [1.29, 1.82) is 0 Å². The fourth-order valence-electron chi connectivity index (χ4n) is 3.59. The van der Waals surface area contributed by atoms with Gasteiger partial charge in [0.15, 0.2) is 0 Å². The van der Waals surface area contributed by atoms with Gasteiger partial charge in [-0.25, -0.2) is 24.8 Å². The van der Waals surface area contributed by atoms with E-state index in [0.29, 0.717) is 23.3 Å². The van der Waals surface area contributed by atoms with E-state index in [1.807, 2.05) is 0 Å². The molecule has 3 N–H and O–H groups in total. The van der Waals surface area contributed by atoms with Crippen LogP contribution < -0.4 is 22.4 Å². The molecule has 2 aromatic rings. The molecule has 14 heteroatoms. The standard InChI is InChI=1S/C21H28F3N5O5S/c1-11-12(10-28(16(25)31)26-17(32)34-19(2,3)4)35-15-13(11)14(30)29(20(5)6-7-20)18(33)27(15)9-8-21(22,23)24/h6-10H2,1-5H3,(H2,25,31)(H,26,32). The van der Waals surface area contributed by atoms with Crippen molar-refractivity contribution in [2.24, 2.45) is 5.73 Å². The molecular formula is C21H28F3N5O5S. The average molecular weight is 520 g/mol. The largest absolute Gasteiger partial charge is 0.443 e. The Morgan fingerprint density at radius 1 is 1.23 bits per heavy atom. The highest BCUT2D eigenvalue weighted by Crippen LogP contribution is 2.41. The molecule has 3 amide bonds. The Kier molecular flexibility index (Phi) is 6.74. The molecule has 0 aliphatic heterocycles. The first-order valence-corrected chi connectivity index (χ1v) is 11.7. The first-order valence-electron chi connectivity index (χ1n) is 10.9. The van der Waals surface area contributed by atoms with Crippen molar-refractivity contribution in [1.82, 2.24) is 19.6 Å². The van der Waals surface area contributed by atoms with E-state index in [4.69, 9.17) is 10.5 Å². The second-order valence-electron chi connectivity index (χ2n) is 9.81. The van der Waals surface area contributed by atoms with Gasteiger partial charge in [0, 0.05) is 11.4 Å². The number of aromatic nitrogens is 2. The number of hydrogen-bond donors (Lipinski definition) is 2. The number of nitrogens with zero attached hydrogens (tertiary/aromatic N) is 3. The molecule has 0 radical (unpaired) electrons. The normalized spacial score (nSPS) is 15.2. The van der Waals surface area contributed by atoms with Gasteiger partial charge in [-0.3, -0.25) is 13.9 Å². The summed E-state index contributed by atoms with van der Waals surface area (Å²) in [4.78, 5) is 51.0. The second-order valence-corrected chi connectivity index (χ2v) is 10.9. The highest BCUT2D eigenvalue weighted by atomic mass is 32.1. The predicted molar refractivity (Wildman–Crippen MR) is 123 cm³/mol. The van der Waals surface area contributed by atoms with Crippen LogP contribution in [0.2, 0.25) is 0 Å². The summed E-state index contributed by atoms with van der Waals surface area (Å²) in [5.41, 5.74) is 4.99. The third-order valence-electron chi connectivity index (χ3n) is 5.64. The van der Waals surface area contributed by atoms with Crippen LogP contribution in [0.15, 0.2) is 9.59 Å². The molecule has 0 aromatic carbocycles. The lowest BCUT2D eigenvalue weighted by atomic mass is 10.2. The second kappa shape index (κ2) is 8.88. The Morgan fingerprint density at radius 3 is 2.31 bits per heavy atom. The highest BCUT2D eigenvalue weighted by Gasteiger charge is 2.43. The summed E-state index contributed by atoms with van der Waals surface area (Å²) in [5.74, 6) is 0. The molecule has 2 aromatic heterocycles. The molecule has 1 fully saturated rings. The van der Waals surface area contributed by atoms with Crippen molar-refractivity contribution in [2.45, 2.75) is 84.3 Å². The van der Waals surface area contributed by atoms with Gasteiger partial charge in [-0.1, -0.05) is 0 Å². The van der Waals surface area contributed by atoms with Gasteiger partial charge >= 0.3 is 24.0 Å². The summed E-state index contributed by atoms with van der Waals surface area (Å²) in [5, 5.41) is 0.867. The van der Waals surface area contributed by atoms with Crippen LogP contribution in [-0.4, -0.2) is 38.0 Å². The van der Waals surface area contributed by atoms with Crippen molar-refractivity contribution in [2.75, 3.05) is 0 Å². The molecule has 0 unspecified atom stereocenters. The van der Waals surface area contributed by atoms with Crippen LogP contribution in [0.5, 0.6) is 0 Å². The maximum absolute atomic E-state index is 13.3. The lowest BCUT2D eigenvalue weighted by Gasteiger charge is -2.24. The number of urea groups is 1. The zero-order chi connectivity index (χ0) is 26.5. The minimum absolute atomic E-state index is 0.0685. The monoisotopic (exact) mass is 519 g/mol. The Labute approximate surface area is 202 Å². The van der Waals surface area contributed by atoms with Crippen LogP contribution in [0.3, 0.4) is 0 Å². The summed E-state index contributed by atoms with van der Waals surface area (Å²) in [6.07, 6.45) is -5.60. The van der Waals surface area contributed by atoms with E-state index in [1.54, 1.807) is 34.6 Å². The highest BCUT2D eigenvalue weighted by molar-refractivity contribution is 7.18. The third-order valence-corrected chi connectivity index (χ3v) is 6.94. The zero-order valence-electron chi connectivity index (χ0n) is 20.0. The van der Waals surface area contributed by atoms with E-state index in [2.05, 4.69) is 5.43 Å². The van der Waals surface area contributed by atoms with Crippen LogP contribution in [0.1, 0.15) is 57.4 Å². The summed E-state index contributed by atoms with van der Waals surface area (Å²) in [6, 6.07) is -1.02. The topological polar surface area (TPSA) is 129 Å². The Hall–Kier alpha value is -3.03. The molecule has 1 aliphatic rings. The molecule has 35 heavy (non-hydrogen) atoms. The molecule has 194 valence electrons. The summed E-state index contributed by atoms with van der Waals surface area (Å²) < 4.78 is 46.1. The zero-order valence-corrected chi connectivity index (χ0v) is 20.9. The number of rotatable bonds is 5. The van der Waals surface area contributed by atoms with E-state index in [-0.39, 0.29) is 16.8 Å². The van der Waals surface area contributed by atoms with E-state index in [0.717, 1.165) is 25.5 Å². The number of nitrogens with one attached hydrogen (secondary N) is 1. The molecule has 10 nitrogen and oxygen atoms in total. The van der Waals surface area contributed by atoms with Crippen molar-refractivity contribution < 1.29 is 27.5 Å². The average Bonchev–Trinajstić information content (AvgIpc) is 3.32. The molecular weight excluding hydrogens is 491 g/mol. The van der Waals surface area contributed by atoms with Gasteiger partial charge in [0.05, 0.1) is 23.9 Å². The van der Waals surface area contributed by atoms with Gasteiger partial charge in [-0.15, -0.1) is 11.3 Å². The molecule has 1 aliphatic carbocycles. The smallest absolute Gasteiger partial charge is 0.426 e. The third kappa shape index (κ3) is 5.80. The molecule has 0 atom stereocenters. The number of thiophene rings is 1. The molecule has 3 rings (SSSR count). The summed E-state index contributed by atoms with van der Waals surface area (Å²) in [7, 11) is 0. The van der Waals surface area contributed by atoms with Gasteiger partial charge in [0.1, 0.15) is 10.4 Å². The fourth-order valence-corrected chi connectivity index (χ4v) is 4.89. The summed E-state index contributed by atoms with van der Waals surface area (Å²) >= 11 is 0.896. The first kappa shape index (κ1) is 26.6. The molecule has 2 heterocycles. The van der Waals surface area contributed by atoms with E-state index >= 15 is 0 Å².